The predicted octanol–water partition coefficient (Wildman–Crippen LogP) is -0.354. The molecule has 0 atom stereocenters. The first-order chi connectivity index (χ1) is 9.44. The van der Waals surface area contributed by atoms with E-state index in [4.69, 9.17) is 10.5 Å². The number of sulfonamides is 1. The molecule has 9 nitrogen and oxygen atoms in total. The summed E-state index contributed by atoms with van der Waals surface area (Å²) < 4.78 is 34.7. The lowest BCUT2D eigenvalue weighted by Crippen LogP contribution is -2.17. The lowest BCUT2D eigenvalue weighted by Gasteiger charge is -2.06. The Kier molecular flexibility index (Phi) is 3.95. The molecule has 0 saturated heterocycles. The third-order valence-electron chi connectivity index (χ3n) is 2.57. The molecule has 10 heteroatoms. The number of hydrogen-bond acceptors (Lipinski definition) is 6. The minimum absolute atomic E-state index is 0.0493. The molecule has 2 aromatic heterocycles. The van der Waals surface area contributed by atoms with Gasteiger partial charge >= 0.3 is 0 Å². The number of nitrogens with two attached hydrogens (primary N) is 1. The number of hydrogen-bond donors (Lipinski definition) is 2. The first kappa shape index (κ1) is 14.3. The van der Waals surface area contributed by atoms with Crippen molar-refractivity contribution in [3.8, 4) is 0 Å². The third kappa shape index (κ3) is 2.91. The van der Waals surface area contributed by atoms with Gasteiger partial charge in [-0.15, -0.1) is 0 Å². The van der Waals surface area contributed by atoms with Crippen molar-refractivity contribution in [3.05, 3.63) is 18.7 Å². The van der Waals surface area contributed by atoms with E-state index in [0.29, 0.717) is 18.8 Å². The fraction of sp³-hybridized carbons (Fsp3) is 0.400. The van der Waals surface area contributed by atoms with Gasteiger partial charge in [-0.1, -0.05) is 0 Å². The van der Waals surface area contributed by atoms with Crippen molar-refractivity contribution in [1.29, 1.82) is 0 Å². The molecule has 2 rings (SSSR count). The van der Waals surface area contributed by atoms with E-state index >= 15 is 0 Å². The van der Waals surface area contributed by atoms with E-state index < -0.39 is 10.0 Å². The highest BCUT2D eigenvalue weighted by molar-refractivity contribution is 7.92. The Hall–Kier alpha value is -2.07. The van der Waals surface area contributed by atoms with Crippen LogP contribution in [0.3, 0.4) is 0 Å². The maximum absolute atomic E-state index is 12.2. The SMILES string of the molecule is COCCn1cc(NS(=O)(=O)c2c(N)ncn2C)cn1. The van der Waals surface area contributed by atoms with Crippen molar-refractivity contribution < 1.29 is 13.2 Å². The van der Waals surface area contributed by atoms with Crippen molar-refractivity contribution >= 4 is 21.5 Å². The Morgan fingerprint density at radius 2 is 2.25 bits per heavy atom. The quantitative estimate of drug-likeness (QED) is 0.752. The number of nitrogens with zero attached hydrogens (tertiary/aromatic N) is 4. The maximum Gasteiger partial charge on any atom is 0.281 e. The number of imidazole rings is 1. The van der Waals surface area contributed by atoms with Crippen LogP contribution in [0.4, 0.5) is 11.5 Å². The summed E-state index contributed by atoms with van der Waals surface area (Å²) in [6.45, 7) is 1.02. The molecule has 20 heavy (non-hydrogen) atoms. The van der Waals surface area contributed by atoms with Crippen LogP contribution >= 0.6 is 0 Å². The van der Waals surface area contributed by atoms with Crippen LogP contribution in [0.5, 0.6) is 0 Å². The average Bonchev–Trinajstić information content (AvgIpc) is 2.93. The van der Waals surface area contributed by atoms with Crippen molar-refractivity contribution in [2.24, 2.45) is 7.05 Å². The second-order valence-corrected chi connectivity index (χ2v) is 5.73. The first-order valence-corrected chi connectivity index (χ1v) is 7.23. The number of ether oxygens (including phenoxy) is 1. The summed E-state index contributed by atoms with van der Waals surface area (Å²) in [6.07, 6.45) is 4.33. The highest BCUT2D eigenvalue weighted by Gasteiger charge is 2.22. The Balaban J connectivity index is 2.19. The Bertz CT molecular complexity index is 670. The molecule has 0 amide bonds. The zero-order valence-electron chi connectivity index (χ0n) is 11.1. The largest absolute Gasteiger partial charge is 0.383 e. The van der Waals surface area contributed by atoms with Gasteiger partial charge in [-0.25, -0.2) is 4.98 Å². The number of rotatable bonds is 6. The van der Waals surface area contributed by atoms with Gasteiger partial charge in [0.15, 0.2) is 10.8 Å². The summed E-state index contributed by atoms with van der Waals surface area (Å²) in [5.41, 5.74) is 5.91. The van der Waals surface area contributed by atoms with Crippen molar-refractivity contribution in [3.63, 3.8) is 0 Å². The summed E-state index contributed by atoms with van der Waals surface area (Å²) in [6, 6.07) is 0. The molecule has 110 valence electrons. The molecule has 2 aromatic rings. The number of aromatic nitrogens is 4. The summed E-state index contributed by atoms with van der Waals surface area (Å²) in [5, 5.41) is 3.94. The van der Waals surface area contributed by atoms with E-state index in [-0.39, 0.29) is 10.8 Å². The molecule has 0 aliphatic carbocycles. The Morgan fingerprint density at radius 1 is 1.50 bits per heavy atom. The van der Waals surface area contributed by atoms with Crippen LogP contribution in [-0.2, 0) is 28.4 Å². The summed E-state index contributed by atoms with van der Waals surface area (Å²) in [7, 11) is -0.660. The topological polar surface area (TPSA) is 117 Å². The lowest BCUT2D eigenvalue weighted by molar-refractivity contribution is 0.183. The maximum atomic E-state index is 12.2. The van der Waals surface area contributed by atoms with Gasteiger partial charge < -0.3 is 15.0 Å². The minimum Gasteiger partial charge on any atom is -0.383 e. The van der Waals surface area contributed by atoms with E-state index in [9.17, 15) is 8.42 Å². The Morgan fingerprint density at radius 3 is 2.85 bits per heavy atom. The van der Waals surface area contributed by atoms with Crippen LogP contribution in [0.15, 0.2) is 23.7 Å². The minimum atomic E-state index is -3.80. The fourth-order valence-corrected chi connectivity index (χ4v) is 2.96. The molecule has 0 aromatic carbocycles. The molecule has 0 radical (unpaired) electrons. The van der Waals surface area contributed by atoms with Gasteiger partial charge in [0, 0.05) is 20.4 Å². The highest BCUT2D eigenvalue weighted by atomic mass is 32.2. The number of nitrogens with one attached hydrogen (secondary N) is 1. The fourth-order valence-electron chi connectivity index (χ4n) is 1.69. The van der Waals surface area contributed by atoms with E-state index in [1.54, 1.807) is 25.0 Å². The number of anilines is 2. The predicted molar refractivity (Wildman–Crippen MR) is 72.5 cm³/mol. The lowest BCUT2D eigenvalue weighted by atomic mass is 10.6. The van der Waals surface area contributed by atoms with Gasteiger partial charge in [0.2, 0.25) is 0 Å². The molecule has 2 heterocycles. The smallest absolute Gasteiger partial charge is 0.281 e. The van der Waals surface area contributed by atoms with Crippen LogP contribution in [0.1, 0.15) is 0 Å². The van der Waals surface area contributed by atoms with Crippen LogP contribution in [0.2, 0.25) is 0 Å². The second-order valence-electron chi connectivity index (χ2n) is 4.14. The van der Waals surface area contributed by atoms with Crippen molar-refractivity contribution in [2.45, 2.75) is 11.6 Å². The standard InChI is InChI=1S/C10H16N6O3S/c1-15-7-12-9(11)10(15)20(17,18)14-8-5-13-16(6-8)3-4-19-2/h5-7,14H,3-4,11H2,1-2H3. The van der Waals surface area contributed by atoms with E-state index in [1.807, 2.05) is 0 Å². The first-order valence-electron chi connectivity index (χ1n) is 5.75. The number of methoxy groups -OCH3 is 1. The molecule has 0 aliphatic heterocycles. The summed E-state index contributed by atoms with van der Waals surface area (Å²) in [4.78, 5) is 3.75. The normalized spacial score (nSPS) is 11.7. The number of nitrogen functional groups attached to an aromatic ring is 1. The van der Waals surface area contributed by atoms with Gasteiger partial charge in [-0.3, -0.25) is 9.40 Å². The molecule has 3 N–H and O–H groups in total. The van der Waals surface area contributed by atoms with Crippen molar-refractivity contribution in [2.75, 3.05) is 24.2 Å². The average molecular weight is 300 g/mol. The molecule has 0 saturated carbocycles. The molecular formula is C10H16N6O3S. The molecule has 0 bridgehead atoms. The molecule has 0 fully saturated rings. The van der Waals surface area contributed by atoms with Gasteiger partial charge in [-0.05, 0) is 0 Å². The second kappa shape index (κ2) is 5.51. The van der Waals surface area contributed by atoms with Crippen LogP contribution in [0.25, 0.3) is 0 Å². The zero-order chi connectivity index (χ0) is 14.8. The van der Waals surface area contributed by atoms with E-state index in [0.717, 1.165) is 0 Å². The summed E-state index contributed by atoms with van der Waals surface area (Å²) in [5.74, 6) is -0.0493. The van der Waals surface area contributed by atoms with E-state index in [2.05, 4.69) is 14.8 Å². The molecule has 0 unspecified atom stereocenters. The van der Waals surface area contributed by atoms with Gasteiger partial charge in [0.1, 0.15) is 0 Å². The highest BCUT2D eigenvalue weighted by Crippen LogP contribution is 2.19. The van der Waals surface area contributed by atoms with Crippen LogP contribution in [0, 0.1) is 0 Å². The van der Waals surface area contributed by atoms with Gasteiger partial charge in [-0.2, -0.15) is 13.5 Å². The molecule has 0 aliphatic rings. The monoisotopic (exact) mass is 300 g/mol. The third-order valence-corrected chi connectivity index (χ3v) is 4.08. The summed E-state index contributed by atoms with van der Waals surface area (Å²) >= 11 is 0. The van der Waals surface area contributed by atoms with Crippen molar-refractivity contribution in [1.82, 2.24) is 19.3 Å². The van der Waals surface area contributed by atoms with Gasteiger partial charge in [0.25, 0.3) is 10.0 Å². The number of aryl methyl sites for hydroxylation is 1. The van der Waals surface area contributed by atoms with Crippen LogP contribution in [-0.4, -0.2) is 41.5 Å². The molecule has 0 spiro atoms. The van der Waals surface area contributed by atoms with E-state index in [1.165, 1.54) is 17.1 Å². The van der Waals surface area contributed by atoms with Crippen LogP contribution < -0.4 is 10.5 Å². The Labute approximate surface area is 116 Å². The van der Waals surface area contributed by atoms with Gasteiger partial charge in [0.05, 0.1) is 31.4 Å². The zero-order valence-corrected chi connectivity index (χ0v) is 12.0. The molecular weight excluding hydrogens is 284 g/mol.